The van der Waals surface area contributed by atoms with Crippen LogP contribution in [-0.2, 0) is 6.42 Å². The fourth-order valence-corrected chi connectivity index (χ4v) is 2.44. The Kier molecular flexibility index (Phi) is 3.40. The van der Waals surface area contributed by atoms with Gasteiger partial charge in [-0.25, -0.2) is 4.79 Å². The molecule has 1 atom stereocenters. The van der Waals surface area contributed by atoms with Gasteiger partial charge in [-0.3, -0.25) is 0 Å². The van der Waals surface area contributed by atoms with Crippen molar-refractivity contribution >= 4 is 6.03 Å². The number of carbonyl (C=O) groups is 1. The third-order valence-electron chi connectivity index (χ3n) is 3.76. The van der Waals surface area contributed by atoms with E-state index < -0.39 is 0 Å². The maximum atomic E-state index is 12.0. The molecule has 0 spiro atoms. The van der Waals surface area contributed by atoms with Gasteiger partial charge in [0, 0.05) is 31.5 Å². The van der Waals surface area contributed by atoms with Crippen molar-refractivity contribution in [2.24, 2.45) is 0 Å². The molecule has 1 aliphatic carbocycles. The Labute approximate surface area is 112 Å². The van der Waals surface area contributed by atoms with E-state index >= 15 is 0 Å². The molecule has 6 heteroatoms. The molecular weight excluding hydrogens is 244 g/mol. The van der Waals surface area contributed by atoms with Crippen LogP contribution in [0.5, 0.6) is 0 Å². The van der Waals surface area contributed by atoms with Crippen LogP contribution in [0.1, 0.15) is 50.2 Å². The van der Waals surface area contributed by atoms with E-state index in [0.29, 0.717) is 18.5 Å². The molecule has 1 N–H and O–H groups in total. The number of hydrogen-bond acceptors (Lipinski definition) is 4. The van der Waals surface area contributed by atoms with Crippen molar-refractivity contribution in [1.82, 2.24) is 20.4 Å². The highest BCUT2D eigenvalue weighted by Crippen LogP contribution is 2.26. The van der Waals surface area contributed by atoms with Crippen molar-refractivity contribution in [1.29, 1.82) is 0 Å². The smallest absolute Gasteiger partial charge is 0.317 e. The summed E-state index contributed by atoms with van der Waals surface area (Å²) in [5, 5.41) is 7.07. The molecule has 104 valence electrons. The molecule has 2 amide bonds. The van der Waals surface area contributed by atoms with E-state index in [1.165, 1.54) is 0 Å². The van der Waals surface area contributed by atoms with Crippen molar-refractivity contribution in [3.8, 4) is 0 Å². The van der Waals surface area contributed by atoms with Crippen molar-refractivity contribution in [2.45, 2.75) is 51.0 Å². The first kappa shape index (κ1) is 12.4. The van der Waals surface area contributed by atoms with E-state index in [1.807, 2.05) is 11.8 Å². The number of carbonyl (C=O) groups excluding carboxylic acids is 1. The van der Waals surface area contributed by atoms with E-state index in [2.05, 4.69) is 15.5 Å². The van der Waals surface area contributed by atoms with Crippen molar-refractivity contribution < 1.29 is 9.32 Å². The Bertz CT molecular complexity index is 455. The molecule has 0 aromatic carbocycles. The number of hydrogen-bond donors (Lipinski definition) is 1. The first-order valence-corrected chi connectivity index (χ1v) is 7.14. The molecule has 1 saturated carbocycles. The SMILES string of the molecule is CCc1nc([C@@H]2CCCN(C(=O)NC3CC3)C2)no1. The average Bonchev–Trinajstić information content (AvgIpc) is 3.12. The quantitative estimate of drug-likeness (QED) is 0.901. The zero-order valence-corrected chi connectivity index (χ0v) is 11.3. The lowest BCUT2D eigenvalue weighted by molar-refractivity contribution is 0.177. The van der Waals surface area contributed by atoms with E-state index in [1.54, 1.807) is 0 Å². The first-order valence-electron chi connectivity index (χ1n) is 7.14. The minimum atomic E-state index is 0.0615. The minimum absolute atomic E-state index is 0.0615. The molecule has 1 saturated heterocycles. The molecule has 2 aliphatic rings. The molecule has 0 radical (unpaired) electrons. The highest BCUT2D eigenvalue weighted by atomic mass is 16.5. The Morgan fingerprint density at radius 1 is 1.47 bits per heavy atom. The van der Waals surface area contributed by atoms with E-state index in [4.69, 9.17) is 4.52 Å². The summed E-state index contributed by atoms with van der Waals surface area (Å²) in [5.41, 5.74) is 0. The lowest BCUT2D eigenvalue weighted by atomic mass is 9.98. The fourth-order valence-electron chi connectivity index (χ4n) is 2.44. The van der Waals surface area contributed by atoms with Gasteiger partial charge in [0.25, 0.3) is 0 Å². The van der Waals surface area contributed by atoms with Gasteiger partial charge in [-0.15, -0.1) is 0 Å². The normalized spacial score (nSPS) is 23.4. The van der Waals surface area contributed by atoms with Gasteiger partial charge in [0.15, 0.2) is 5.82 Å². The molecular formula is C13H20N4O2. The molecule has 2 fully saturated rings. The highest BCUT2D eigenvalue weighted by molar-refractivity contribution is 5.75. The molecule has 6 nitrogen and oxygen atoms in total. The Morgan fingerprint density at radius 2 is 2.32 bits per heavy atom. The number of aromatic nitrogens is 2. The van der Waals surface area contributed by atoms with Crippen molar-refractivity contribution in [2.75, 3.05) is 13.1 Å². The second kappa shape index (κ2) is 5.19. The van der Waals surface area contributed by atoms with Crippen molar-refractivity contribution in [3.05, 3.63) is 11.7 Å². The predicted octanol–water partition coefficient (Wildman–Crippen LogP) is 1.68. The van der Waals surface area contributed by atoms with E-state index in [0.717, 1.165) is 44.5 Å². The Morgan fingerprint density at radius 3 is 3.00 bits per heavy atom. The van der Waals surface area contributed by atoms with Crippen LogP contribution in [0.15, 0.2) is 4.52 Å². The standard InChI is InChI=1S/C13H20N4O2/c1-2-11-15-12(16-19-11)9-4-3-7-17(8-9)13(18)14-10-5-6-10/h9-10H,2-8H2,1H3,(H,14,18)/t9-/m1/s1. The van der Waals surface area contributed by atoms with E-state index in [9.17, 15) is 4.79 Å². The zero-order chi connectivity index (χ0) is 13.2. The lowest BCUT2D eigenvalue weighted by Crippen LogP contribution is -2.45. The second-order valence-electron chi connectivity index (χ2n) is 5.41. The molecule has 0 bridgehead atoms. The maximum Gasteiger partial charge on any atom is 0.317 e. The van der Waals surface area contributed by atoms with Gasteiger partial charge >= 0.3 is 6.03 Å². The number of aryl methyl sites for hydroxylation is 1. The summed E-state index contributed by atoms with van der Waals surface area (Å²) >= 11 is 0. The first-order chi connectivity index (χ1) is 9.26. The van der Waals surface area contributed by atoms with Gasteiger partial charge in [-0.05, 0) is 25.7 Å². The van der Waals surface area contributed by atoms with Gasteiger partial charge in [-0.1, -0.05) is 12.1 Å². The van der Waals surface area contributed by atoms with Gasteiger partial charge in [0.05, 0.1) is 0 Å². The fraction of sp³-hybridized carbons (Fsp3) is 0.769. The number of amides is 2. The number of nitrogens with one attached hydrogen (secondary N) is 1. The topological polar surface area (TPSA) is 71.3 Å². The zero-order valence-electron chi connectivity index (χ0n) is 11.3. The third-order valence-corrected chi connectivity index (χ3v) is 3.76. The van der Waals surface area contributed by atoms with Crippen LogP contribution in [-0.4, -0.2) is 40.2 Å². The van der Waals surface area contributed by atoms with Gasteiger partial charge in [-0.2, -0.15) is 4.98 Å². The molecule has 19 heavy (non-hydrogen) atoms. The van der Waals surface area contributed by atoms with Crippen LogP contribution in [0, 0.1) is 0 Å². The van der Waals surface area contributed by atoms with Crippen LogP contribution >= 0.6 is 0 Å². The highest BCUT2D eigenvalue weighted by Gasteiger charge is 2.30. The van der Waals surface area contributed by atoms with Crippen molar-refractivity contribution in [3.63, 3.8) is 0 Å². The number of urea groups is 1. The summed E-state index contributed by atoms with van der Waals surface area (Å²) in [6, 6.07) is 0.469. The number of rotatable bonds is 3. The Balaban J connectivity index is 1.61. The molecule has 1 aromatic heterocycles. The van der Waals surface area contributed by atoms with Gasteiger partial charge in [0.1, 0.15) is 0 Å². The molecule has 1 aromatic rings. The summed E-state index contributed by atoms with van der Waals surface area (Å²) in [6.45, 7) is 3.52. The third kappa shape index (κ3) is 2.88. The summed E-state index contributed by atoms with van der Waals surface area (Å²) < 4.78 is 5.16. The summed E-state index contributed by atoms with van der Waals surface area (Å²) in [7, 11) is 0. The summed E-state index contributed by atoms with van der Waals surface area (Å²) in [5.74, 6) is 1.64. The molecule has 2 heterocycles. The largest absolute Gasteiger partial charge is 0.339 e. The summed E-state index contributed by atoms with van der Waals surface area (Å²) in [4.78, 5) is 18.3. The number of likely N-dealkylation sites (tertiary alicyclic amines) is 1. The second-order valence-corrected chi connectivity index (χ2v) is 5.41. The van der Waals surface area contributed by atoms with E-state index in [-0.39, 0.29) is 11.9 Å². The van der Waals surface area contributed by atoms with Crippen LogP contribution in [0.2, 0.25) is 0 Å². The maximum absolute atomic E-state index is 12.0. The molecule has 0 unspecified atom stereocenters. The van der Waals surface area contributed by atoms with Crippen LogP contribution < -0.4 is 5.32 Å². The molecule has 1 aliphatic heterocycles. The van der Waals surface area contributed by atoms with Crippen LogP contribution in [0.4, 0.5) is 4.79 Å². The van der Waals surface area contributed by atoms with Gasteiger partial charge < -0.3 is 14.7 Å². The monoisotopic (exact) mass is 264 g/mol. The predicted molar refractivity (Wildman–Crippen MR) is 68.8 cm³/mol. The summed E-state index contributed by atoms with van der Waals surface area (Å²) in [6.07, 6.45) is 5.02. The molecule has 3 rings (SSSR count). The lowest BCUT2D eigenvalue weighted by Gasteiger charge is -2.31. The number of piperidine rings is 1. The number of nitrogens with zero attached hydrogens (tertiary/aromatic N) is 3. The van der Waals surface area contributed by atoms with Crippen LogP contribution in [0.25, 0.3) is 0 Å². The van der Waals surface area contributed by atoms with Gasteiger partial charge in [0.2, 0.25) is 5.89 Å². The minimum Gasteiger partial charge on any atom is -0.339 e. The average molecular weight is 264 g/mol. The Hall–Kier alpha value is -1.59. The van der Waals surface area contributed by atoms with Crippen LogP contribution in [0.3, 0.4) is 0 Å².